The smallest absolute Gasteiger partial charge is 0.261 e. The van der Waals surface area contributed by atoms with Crippen molar-refractivity contribution in [3.05, 3.63) is 60.7 Å². The molecule has 0 amide bonds. The highest BCUT2D eigenvalue weighted by Crippen LogP contribution is 2.44. The largest absolute Gasteiger partial charge is 0.405 e. The van der Waals surface area contributed by atoms with Crippen molar-refractivity contribution >= 4 is 18.7 Å². The van der Waals surface area contributed by atoms with Crippen LogP contribution >= 0.6 is 0 Å². The molecule has 0 radical (unpaired) electrons. The van der Waals surface area contributed by atoms with Crippen LogP contribution in [0.1, 0.15) is 34.6 Å². The summed E-state index contributed by atoms with van der Waals surface area (Å²) in [4.78, 5) is 0. The molecule has 1 aliphatic heterocycles. The topological polar surface area (TPSA) is 47.9 Å². The third-order valence-corrected chi connectivity index (χ3v) is 11.4. The van der Waals surface area contributed by atoms with Gasteiger partial charge in [-0.15, -0.1) is 0 Å². The number of rotatable bonds is 6. The van der Waals surface area contributed by atoms with Crippen molar-refractivity contribution in [2.45, 2.75) is 63.3 Å². The van der Waals surface area contributed by atoms with Crippen molar-refractivity contribution in [1.82, 2.24) is 0 Å². The van der Waals surface area contributed by atoms with Gasteiger partial charge in [0.15, 0.2) is 12.0 Å². The summed E-state index contributed by atoms with van der Waals surface area (Å²) in [6, 6.07) is 20.4. The third kappa shape index (κ3) is 3.65. The molecule has 1 aliphatic rings. The lowest BCUT2D eigenvalue weighted by molar-refractivity contribution is -0.165. The fraction of sp³-hybridized carbons (Fsp3) is 0.500. The zero-order chi connectivity index (χ0) is 22.2. The predicted molar refractivity (Wildman–Crippen MR) is 119 cm³/mol. The van der Waals surface area contributed by atoms with Crippen molar-refractivity contribution in [1.29, 1.82) is 0 Å². The van der Waals surface area contributed by atoms with Crippen LogP contribution in [0.15, 0.2) is 60.7 Å². The Morgan fingerprint density at radius 3 is 1.83 bits per heavy atom. The normalized spacial score (nSPS) is 29.9. The van der Waals surface area contributed by atoms with Gasteiger partial charge in [0, 0.05) is 7.11 Å². The Morgan fingerprint density at radius 1 is 1.00 bits per heavy atom. The van der Waals surface area contributed by atoms with Crippen molar-refractivity contribution in [2.75, 3.05) is 13.7 Å². The average molecular weight is 433 g/mol. The van der Waals surface area contributed by atoms with Gasteiger partial charge >= 0.3 is 0 Å². The predicted octanol–water partition coefficient (Wildman–Crippen LogP) is 3.41. The number of benzene rings is 2. The summed E-state index contributed by atoms with van der Waals surface area (Å²) in [5, 5.41) is 13.0. The Kier molecular flexibility index (Phi) is 6.29. The van der Waals surface area contributed by atoms with E-state index in [1.165, 1.54) is 21.0 Å². The maximum Gasteiger partial charge on any atom is 0.261 e. The third-order valence-electron chi connectivity index (χ3n) is 6.43. The molecule has 30 heavy (non-hydrogen) atoms. The molecule has 4 nitrogen and oxygen atoms in total. The fourth-order valence-electron chi connectivity index (χ4n) is 4.40. The zero-order valence-corrected chi connectivity index (χ0v) is 19.7. The van der Waals surface area contributed by atoms with Gasteiger partial charge in [0.1, 0.15) is 11.7 Å². The molecule has 1 unspecified atom stereocenters. The number of methoxy groups -OCH3 is 1. The maximum absolute atomic E-state index is 15.3. The molecule has 4 atom stereocenters. The monoisotopic (exact) mass is 432 g/mol. The molecule has 0 spiro atoms. The van der Waals surface area contributed by atoms with E-state index in [0.717, 1.165) is 10.4 Å². The van der Waals surface area contributed by atoms with Gasteiger partial charge in [-0.05, 0) is 29.3 Å². The summed E-state index contributed by atoms with van der Waals surface area (Å²) in [5.74, 6) is 0. The summed E-state index contributed by atoms with van der Waals surface area (Å²) in [5.41, 5.74) is -3.81. The van der Waals surface area contributed by atoms with E-state index in [2.05, 4.69) is 45.0 Å². The number of alkyl halides is 1. The molecule has 3 rings (SSSR count). The van der Waals surface area contributed by atoms with Gasteiger partial charge in [0.05, 0.1) is 6.61 Å². The molecule has 2 aromatic rings. The first-order valence-corrected chi connectivity index (χ1v) is 12.2. The van der Waals surface area contributed by atoms with Crippen LogP contribution in [0.4, 0.5) is 4.39 Å². The first-order valence-electron chi connectivity index (χ1n) is 10.3. The lowest BCUT2D eigenvalue weighted by atomic mass is 9.85. The molecule has 164 valence electrons. The lowest BCUT2D eigenvalue weighted by Gasteiger charge is -2.44. The fourth-order valence-corrected chi connectivity index (χ4v) is 8.96. The highest BCUT2D eigenvalue weighted by atomic mass is 28.4. The Morgan fingerprint density at radius 2 is 1.47 bits per heavy atom. The molecule has 2 aromatic carbocycles. The molecular weight excluding hydrogens is 399 g/mol. The van der Waals surface area contributed by atoms with Gasteiger partial charge < -0.3 is 19.0 Å². The van der Waals surface area contributed by atoms with Crippen LogP contribution in [0.2, 0.25) is 5.04 Å². The van der Waals surface area contributed by atoms with E-state index in [4.69, 9.17) is 13.9 Å². The molecule has 1 heterocycles. The summed E-state index contributed by atoms with van der Waals surface area (Å²) in [7, 11) is -1.43. The van der Waals surface area contributed by atoms with Crippen LogP contribution < -0.4 is 10.4 Å². The summed E-state index contributed by atoms with van der Waals surface area (Å²) in [6.07, 6.45) is -2.01. The van der Waals surface area contributed by atoms with Crippen LogP contribution in [0.25, 0.3) is 0 Å². The Balaban J connectivity index is 2.05. The average Bonchev–Trinajstić information content (AvgIpc) is 2.87. The van der Waals surface area contributed by atoms with Gasteiger partial charge in [-0.1, -0.05) is 81.4 Å². The molecule has 0 bridgehead atoms. The summed E-state index contributed by atoms with van der Waals surface area (Å²) >= 11 is 0. The number of halogens is 1. The van der Waals surface area contributed by atoms with Gasteiger partial charge in [-0.2, -0.15) is 0 Å². The van der Waals surface area contributed by atoms with Gasteiger partial charge in [0.2, 0.25) is 0 Å². The van der Waals surface area contributed by atoms with Crippen LogP contribution in [0.3, 0.4) is 0 Å². The van der Waals surface area contributed by atoms with Crippen molar-refractivity contribution in [2.24, 2.45) is 0 Å². The van der Waals surface area contributed by atoms with E-state index in [0.29, 0.717) is 0 Å². The van der Waals surface area contributed by atoms with E-state index in [-0.39, 0.29) is 11.6 Å². The zero-order valence-electron chi connectivity index (χ0n) is 18.7. The Labute approximate surface area is 180 Å². The lowest BCUT2D eigenvalue weighted by Crippen LogP contribution is -2.67. The summed E-state index contributed by atoms with van der Waals surface area (Å²) in [6.45, 7) is 9.33. The molecule has 0 aliphatic carbocycles. The van der Waals surface area contributed by atoms with E-state index in [9.17, 15) is 5.11 Å². The molecule has 0 saturated carbocycles. The number of ether oxygens (including phenoxy) is 2. The first kappa shape index (κ1) is 23.1. The quantitative estimate of drug-likeness (QED) is 0.711. The van der Waals surface area contributed by atoms with E-state index in [1.807, 2.05) is 36.4 Å². The minimum Gasteiger partial charge on any atom is -0.405 e. The molecular formula is C24H33FO4Si. The van der Waals surface area contributed by atoms with Crippen molar-refractivity contribution in [3.63, 3.8) is 0 Å². The second-order valence-corrected chi connectivity index (χ2v) is 13.7. The van der Waals surface area contributed by atoms with Gasteiger partial charge in [0.25, 0.3) is 8.32 Å². The van der Waals surface area contributed by atoms with Crippen molar-refractivity contribution in [3.8, 4) is 0 Å². The van der Waals surface area contributed by atoms with E-state index < -0.39 is 32.0 Å². The minimum atomic E-state index is -2.81. The standard InChI is InChI=1S/C24H33FO4Si/c1-22(2,3)30(18-13-9-7-10-14-18,19-15-11-8-12-16-19)28-17-20-24(5,26)23(4,25)21(27-6)29-20/h7-16,20-21,26H,17H2,1-6H3/t20-,21?,23+,24+/m1/s1. The molecule has 1 saturated heterocycles. The molecule has 6 heteroatoms. The number of hydrogen-bond acceptors (Lipinski definition) is 4. The van der Waals surface area contributed by atoms with Crippen LogP contribution in [0.5, 0.6) is 0 Å². The second kappa shape index (κ2) is 8.17. The Bertz CT molecular complexity index is 794. The number of aliphatic hydroxyl groups is 1. The van der Waals surface area contributed by atoms with Crippen LogP contribution in [0, 0.1) is 0 Å². The highest BCUT2D eigenvalue weighted by molar-refractivity contribution is 6.99. The second-order valence-electron chi connectivity index (χ2n) is 9.39. The van der Waals surface area contributed by atoms with Crippen molar-refractivity contribution < 1.29 is 23.4 Å². The molecule has 0 aromatic heterocycles. The highest BCUT2D eigenvalue weighted by Gasteiger charge is 2.63. The van der Waals surface area contributed by atoms with Gasteiger partial charge in [-0.3, -0.25) is 0 Å². The van der Waals surface area contributed by atoms with E-state index >= 15 is 4.39 Å². The number of hydrogen-bond donors (Lipinski definition) is 1. The SMILES string of the molecule is COC1O[C@H](CO[Si](c2ccccc2)(c2ccccc2)C(C)(C)C)[C@](C)(O)[C@@]1(C)F. The van der Waals surface area contributed by atoms with Crippen LogP contribution in [-0.2, 0) is 13.9 Å². The molecule has 1 fully saturated rings. The summed E-state index contributed by atoms with van der Waals surface area (Å²) < 4.78 is 33.0. The maximum atomic E-state index is 15.3. The minimum absolute atomic E-state index is 0.0552. The van der Waals surface area contributed by atoms with Crippen LogP contribution in [-0.4, -0.2) is 50.8 Å². The van der Waals surface area contributed by atoms with E-state index in [1.54, 1.807) is 0 Å². The first-order chi connectivity index (χ1) is 14.0. The van der Waals surface area contributed by atoms with Gasteiger partial charge in [-0.25, -0.2) is 4.39 Å². The Hall–Kier alpha value is -1.57. The molecule has 1 N–H and O–H groups in total.